The van der Waals surface area contributed by atoms with Crippen molar-refractivity contribution in [3.05, 3.63) is 0 Å². The number of phosphoric ester groups is 3. The van der Waals surface area contributed by atoms with Crippen LogP contribution in [0.2, 0.25) is 0 Å². The summed E-state index contributed by atoms with van der Waals surface area (Å²) in [6.45, 7) is -3.11. The van der Waals surface area contributed by atoms with E-state index >= 15 is 0 Å². The average molecular weight is 418 g/mol. The van der Waals surface area contributed by atoms with Gasteiger partial charge in [0.05, 0.1) is 15.6 Å². The van der Waals surface area contributed by atoms with Gasteiger partial charge in [0.1, 0.15) is 13.6 Å². The summed E-state index contributed by atoms with van der Waals surface area (Å²) in [6.07, 6.45) is 0. The van der Waals surface area contributed by atoms with Crippen molar-refractivity contribution in [2.75, 3.05) is 20.4 Å². The number of phosphoric acid groups is 3. The van der Waals surface area contributed by atoms with Gasteiger partial charge >= 0.3 is 13.5 Å². The molecule has 23 heavy (non-hydrogen) atoms. The highest BCUT2D eigenvalue weighted by molar-refractivity contribution is 7.46. The molecule has 0 heterocycles. The van der Waals surface area contributed by atoms with E-state index in [1.165, 1.54) is 0 Å². The van der Waals surface area contributed by atoms with Crippen LogP contribution in [0.1, 0.15) is 5.71 Å². The highest BCUT2D eigenvalue weighted by Gasteiger charge is 2.10. The zero-order valence-corrected chi connectivity index (χ0v) is 13.9. The van der Waals surface area contributed by atoms with Crippen molar-refractivity contribution in [2.24, 2.45) is 0 Å². The monoisotopic (exact) mass is 418 g/mol. The SMILES string of the molecule is N.N.O=P(O)(O)OCO.O=P([O-])([O-])OCO.O=P([O-])([O-])OCO.[H+].[H+].[H+].[H+]. The minimum Gasteiger partial charge on any atom is -0.790 e. The molecule has 0 aromatic rings. The number of hydrogen-bond acceptors (Lipinski definition) is 15. The zero-order chi connectivity index (χ0) is 17.7. The smallest absolute Gasteiger partial charge is 0.790 e. The Hall–Kier alpha value is 0.130. The molecule has 0 rings (SSSR count). The number of aliphatic hydroxyl groups excluding tert-OH is 3. The van der Waals surface area contributed by atoms with E-state index < -0.39 is 43.8 Å². The Bertz CT molecular complexity index is 329. The van der Waals surface area contributed by atoms with Crippen LogP contribution >= 0.6 is 23.5 Å². The first kappa shape index (κ1) is 34.5. The minimum atomic E-state index is -4.92. The van der Waals surface area contributed by atoms with Crippen molar-refractivity contribution in [1.82, 2.24) is 12.3 Å². The van der Waals surface area contributed by atoms with Crippen molar-refractivity contribution in [3.8, 4) is 0 Å². The van der Waals surface area contributed by atoms with E-state index in [-0.39, 0.29) is 18.0 Å². The molecule has 0 saturated carbocycles. The third-order valence-corrected chi connectivity index (χ3v) is 1.97. The van der Waals surface area contributed by atoms with Crippen LogP contribution in [0.3, 0.4) is 0 Å². The molecule has 0 unspecified atom stereocenters. The average Bonchev–Trinajstić information content (AvgIpc) is 2.12. The summed E-state index contributed by atoms with van der Waals surface area (Å²) in [7, 11) is -14.2. The molecule has 0 aliphatic carbocycles. The molecule has 0 amide bonds. The Labute approximate surface area is 135 Å². The fourth-order valence-electron chi connectivity index (χ4n) is 0.217. The lowest BCUT2D eigenvalue weighted by Crippen LogP contribution is -2.16. The predicted octanol–water partition coefficient (Wildman–Crippen LogP) is -4.62. The van der Waals surface area contributed by atoms with Crippen molar-refractivity contribution in [2.45, 2.75) is 0 Å². The molecule has 0 saturated heterocycles. The molecule has 11 N–H and O–H groups in total. The minimum absolute atomic E-state index is 0. The van der Waals surface area contributed by atoms with Crippen LogP contribution in [-0.4, -0.2) is 45.5 Å². The third kappa shape index (κ3) is 60.9. The molecule has 0 atom stereocenters. The Kier molecular flexibility index (Phi) is 25.4. The van der Waals surface area contributed by atoms with Crippen LogP contribution in [0, 0.1) is 0 Å². The lowest BCUT2D eigenvalue weighted by atomic mass is 11.6. The summed E-state index contributed by atoms with van der Waals surface area (Å²) in [4.78, 5) is 52.8. The molecular formula is C3H21N2O15P3. The summed E-state index contributed by atoms with van der Waals surface area (Å²) in [5, 5.41) is 22.9. The van der Waals surface area contributed by atoms with Gasteiger partial charge in [-0.2, -0.15) is 0 Å². The van der Waals surface area contributed by atoms with Crippen molar-refractivity contribution in [1.29, 1.82) is 0 Å². The van der Waals surface area contributed by atoms with Crippen LogP contribution in [-0.2, 0) is 27.3 Å². The second kappa shape index (κ2) is 17.0. The summed E-state index contributed by atoms with van der Waals surface area (Å²) in [5.41, 5.74) is 0. The molecular weight excluding hydrogens is 397 g/mol. The van der Waals surface area contributed by atoms with Crippen LogP contribution in [0.25, 0.3) is 0 Å². The highest BCUT2D eigenvalue weighted by atomic mass is 31.2. The van der Waals surface area contributed by atoms with Gasteiger partial charge in [0.15, 0.2) is 6.79 Å². The zero-order valence-electron chi connectivity index (χ0n) is 15.2. The summed E-state index contributed by atoms with van der Waals surface area (Å²) < 4.78 is 38.1. The van der Waals surface area contributed by atoms with Gasteiger partial charge in [-0.3, -0.25) is 4.52 Å². The van der Waals surface area contributed by atoms with Gasteiger partial charge in [0.2, 0.25) is 0 Å². The predicted molar refractivity (Wildman–Crippen MR) is 66.3 cm³/mol. The third-order valence-electron chi connectivity index (χ3n) is 0.658. The van der Waals surface area contributed by atoms with E-state index in [0.29, 0.717) is 0 Å². The largest absolute Gasteiger partial charge is 1.00 e. The Balaban J connectivity index is -0.0000000231. The first-order valence-electron chi connectivity index (χ1n) is 4.04. The van der Waals surface area contributed by atoms with Gasteiger partial charge in [-0.1, -0.05) is 0 Å². The maximum absolute atomic E-state index is 9.54. The van der Waals surface area contributed by atoms with E-state index in [1.807, 2.05) is 0 Å². The van der Waals surface area contributed by atoms with Crippen LogP contribution in [0.4, 0.5) is 0 Å². The number of rotatable bonds is 6. The molecule has 0 aromatic carbocycles. The summed E-state index contributed by atoms with van der Waals surface area (Å²) in [5.74, 6) is 0. The van der Waals surface area contributed by atoms with E-state index in [1.54, 1.807) is 0 Å². The van der Waals surface area contributed by atoms with Gasteiger partial charge in [-0.05, 0) is 0 Å². The molecule has 0 spiro atoms. The first-order valence-corrected chi connectivity index (χ1v) is 8.49. The lowest BCUT2D eigenvalue weighted by molar-refractivity contribution is -0.347. The Morgan fingerprint density at radius 1 is 0.696 bits per heavy atom. The van der Waals surface area contributed by atoms with E-state index in [4.69, 9.17) is 25.1 Å². The van der Waals surface area contributed by atoms with Gasteiger partial charge in [-0.15, -0.1) is 0 Å². The quantitative estimate of drug-likeness (QED) is 0.157. The summed E-state index contributed by atoms with van der Waals surface area (Å²) in [6, 6.07) is 0. The normalized spacial score (nSPS) is 10.8. The fraction of sp³-hybridized carbons (Fsp3) is 1.00. The van der Waals surface area contributed by atoms with Gasteiger partial charge in [0, 0.05) is 0 Å². The standard InChI is InChI=1S/3CH5O5P.2H3N/c3*2-1-6-7(3,4)5;;/h3*2H,1H2,(H2,3,4,5);2*1H3. The van der Waals surface area contributed by atoms with E-state index in [2.05, 4.69) is 13.6 Å². The molecule has 0 bridgehead atoms. The van der Waals surface area contributed by atoms with Crippen LogP contribution in [0.15, 0.2) is 0 Å². The van der Waals surface area contributed by atoms with Crippen LogP contribution < -0.4 is 31.9 Å². The van der Waals surface area contributed by atoms with Crippen molar-refractivity contribution in [3.63, 3.8) is 0 Å². The fourth-order valence-corrected chi connectivity index (χ4v) is 0.650. The van der Waals surface area contributed by atoms with E-state index in [0.717, 1.165) is 0 Å². The van der Waals surface area contributed by atoms with Gasteiger partial charge in [0.25, 0.3) is 0 Å². The molecule has 0 radical (unpaired) electrons. The topological polar surface area (TPSA) is 342 Å². The summed E-state index contributed by atoms with van der Waals surface area (Å²) >= 11 is 0. The van der Waals surface area contributed by atoms with Crippen molar-refractivity contribution >= 4 is 23.5 Å². The second-order valence-corrected chi connectivity index (χ2v) is 5.70. The lowest BCUT2D eigenvalue weighted by Gasteiger charge is -2.26. The maximum atomic E-state index is 9.54. The highest BCUT2D eigenvalue weighted by Crippen LogP contribution is 2.34. The maximum Gasteiger partial charge on any atom is 1.00 e. The number of hydrogen-bond donors (Lipinski definition) is 7. The molecule has 148 valence electrons. The van der Waals surface area contributed by atoms with Gasteiger partial charge in [-0.25, -0.2) is 4.57 Å². The molecule has 0 fully saturated rings. The first-order chi connectivity index (χ1) is 9.18. The molecule has 0 aliphatic rings. The number of aliphatic hydroxyl groups is 3. The second-order valence-electron chi connectivity index (χ2n) is 2.16. The molecule has 17 nitrogen and oxygen atoms in total. The van der Waals surface area contributed by atoms with Gasteiger partial charge < -0.3 is 75.2 Å². The molecule has 20 heteroatoms. The van der Waals surface area contributed by atoms with E-state index in [9.17, 15) is 33.3 Å². The Morgan fingerprint density at radius 2 is 0.913 bits per heavy atom. The molecule has 0 aliphatic heterocycles. The Morgan fingerprint density at radius 3 is 0.913 bits per heavy atom. The molecule has 0 aromatic heterocycles. The van der Waals surface area contributed by atoms with Crippen LogP contribution in [0.5, 0.6) is 0 Å². The van der Waals surface area contributed by atoms with Crippen molar-refractivity contribution < 1.29 is 77.7 Å².